The minimum atomic E-state index is -4.67. The van der Waals surface area contributed by atoms with Crippen LogP contribution in [0.2, 0.25) is 5.02 Å². The highest BCUT2D eigenvalue weighted by Crippen LogP contribution is 2.39. The molecular formula is C28H32ClF3N6O4. The van der Waals surface area contributed by atoms with Crippen LogP contribution in [0.5, 0.6) is 0 Å². The Morgan fingerprint density at radius 1 is 1.21 bits per heavy atom. The third-order valence-electron chi connectivity index (χ3n) is 7.00. The van der Waals surface area contributed by atoms with E-state index in [1.54, 1.807) is 42.5 Å². The van der Waals surface area contributed by atoms with Crippen LogP contribution in [0.25, 0.3) is 0 Å². The number of carbonyl (C=O) groups excluding carboxylic acids is 3. The van der Waals surface area contributed by atoms with E-state index in [2.05, 4.69) is 15.4 Å². The zero-order valence-corrected chi connectivity index (χ0v) is 23.9. The number of ether oxygens (including phenoxy) is 1. The molecule has 2 unspecified atom stereocenters. The van der Waals surface area contributed by atoms with E-state index in [1.165, 1.54) is 24.9 Å². The summed E-state index contributed by atoms with van der Waals surface area (Å²) in [5.74, 6) is -2.04. The van der Waals surface area contributed by atoms with Gasteiger partial charge >= 0.3 is 6.18 Å². The quantitative estimate of drug-likeness (QED) is 0.427. The van der Waals surface area contributed by atoms with E-state index in [0.29, 0.717) is 15.7 Å². The van der Waals surface area contributed by atoms with Crippen LogP contribution in [0.15, 0.2) is 53.8 Å². The first-order valence-electron chi connectivity index (χ1n) is 13.3. The van der Waals surface area contributed by atoms with Crippen molar-refractivity contribution in [3.8, 4) is 0 Å². The van der Waals surface area contributed by atoms with Gasteiger partial charge in [0.15, 0.2) is 0 Å². The fourth-order valence-corrected chi connectivity index (χ4v) is 5.14. The number of amides is 3. The summed E-state index contributed by atoms with van der Waals surface area (Å²) in [5.41, 5.74) is 4.55. The summed E-state index contributed by atoms with van der Waals surface area (Å²) in [5, 5.41) is 7.61. The van der Waals surface area contributed by atoms with E-state index in [4.69, 9.17) is 22.1 Å². The van der Waals surface area contributed by atoms with Crippen LogP contribution in [-0.2, 0) is 32.1 Å². The van der Waals surface area contributed by atoms with Gasteiger partial charge in [0.1, 0.15) is 18.0 Å². The Balaban J connectivity index is 1.58. The Morgan fingerprint density at radius 3 is 2.62 bits per heavy atom. The first kappa shape index (κ1) is 31.4. The number of nitrogens with two attached hydrogens (primary N) is 1. The van der Waals surface area contributed by atoms with Crippen molar-refractivity contribution in [3.05, 3.63) is 64.9 Å². The molecule has 42 heavy (non-hydrogen) atoms. The van der Waals surface area contributed by atoms with Crippen molar-refractivity contribution in [2.24, 2.45) is 16.3 Å². The van der Waals surface area contributed by atoms with Gasteiger partial charge in [0.2, 0.25) is 11.8 Å². The Morgan fingerprint density at radius 2 is 1.98 bits per heavy atom. The molecule has 1 aromatic heterocycles. The number of halogens is 4. The Bertz CT molecular complexity index is 1350. The molecule has 0 spiro atoms. The average molecular weight is 609 g/mol. The van der Waals surface area contributed by atoms with Crippen molar-refractivity contribution in [1.82, 2.24) is 20.2 Å². The number of likely N-dealkylation sites (tertiary alicyclic amines) is 1. The lowest BCUT2D eigenvalue weighted by Crippen LogP contribution is -2.61. The number of alkyl halides is 3. The molecule has 4 rings (SSSR count). The monoisotopic (exact) mass is 608 g/mol. The molecular weight excluding hydrogens is 577 g/mol. The van der Waals surface area contributed by atoms with Gasteiger partial charge in [-0.05, 0) is 43.7 Å². The largest absolute Gasteiger partial charge is 0.408 e. The fourth-order valence-electron chi connectivity index (χ4n) is 4.92. The number of carbonyl (C=O) groups is 3. The predicted molar refractivity (Wildman–Crippen MR) is 148 cm³/mol. The second-order valence-corrected chi connectivity index (χ2v) is 11.4. The standard InChI is InChI=1S/C28H32ClF3N6O4/c1-26(2,33)24(40)35-21(15-42-14-18-6-5-7-19(29)12-18)23(39)37-11-9-22-27(16-37,13-20-8-3-4-10-34-20)25(41)38(36-22)17-28(30,31)32/h3-8,10,12,21H,9,11,13-17,33H2,1-2H3,(H,35,40). The smallest absolute Gasteiger partial charge is 0.374 e. The second-order valence-electron chi connectivity index (χ2n) is 11.0. The third kappa shape index (κ3) is 7.44. The topological polar surface area (TPSA) is 130 Å². The summed E-state index contributed by atoms with van der Waals surface area (Å²) in [4.78, 5) is 45.8. The summed E-state index contributed by atoms with van der Waals surface area (Å²) in [6.45, 7) is 1.10. The molecule has 2 aliphatic rings. The summed E-state index contributed by atoms with van der Waals surface area (Å²) in [7, 11) is 0. The van der Waals surface area contributed by atoms with Crippen molar-refractivity contribution in [2.45, 2.75) is 51.1 Å². The van der Waals surface area contributed by atoms with Crippen LogP contribution < -0.4 is 11.1 Å². The third-order valence-corrected chi connectivity index (χ3v) is 7.23. The first-order valence-corrected chi connectivity index (χ1v) is 13.6. The van der Waals surface area contributed by atoms with Gasteiger partial charge < -0.3 is 20.7 Å². The second kappa shape index (κ2) is 12.4. The molecule has 2 aliphatic heterocycles. The van der Waals surface area contributed by atoms with E-state index < -0.39 is 47.4 Å². The minimum absolute atomic E-state index is 0.0538. The number of aromatic nitrogens is 1. The van der Waals surface area contributed by atoms with Gasteiger partial charge in [-0.25, -0.2) is 5.01 Å². The van der Waals surface area contributed by atoms with Crippen molar-refractivity contribution in [3.63, 3.8) is 0 Å². The molecule has 2 aromatic rings. The molecule has 2 atom stereocenters. The Kier molecular flexibility index (Phi) is 9.24. The van der Waals surface area contributed by atoms with Gasteiger partial charge in [0, 0.05) is 42.8 Å². The summed E-state index contributed by atoms with van der Waals surface area (Å²) < 4.78 is 45.6. The Labute approximate surface area is 246 Å². The molecule has 0 bridgehead atoms. The molecule has 3 amide bonds. The number of piperidine rings is 1. The Hall–Kier alpha value is -3.55. The highest BCUT2D eigenvalue weighted by atomic mass is 35.5. The summed E-state index contributed by atoms with van der Waals surface area (Å²) >= 11 is 6.04. The van der Waals surface area contributed by atoms with E-state index in [9.17, 15) is 27.6 Å². The van der Waals surface area contributed by atoms with Gasteiger partial charge in [-0.3, -0.25) is 19.4 Å². The van der Waals surface area contributed by atoms with Crippen LogP contribution in [0.1, 0.15) is 31.5 Å². The zero-order valence-electron chi connectivity index (χ0n) is 23.2. The van der Waals surface area contributed by atoms with Crippen LogP contribution in [0, 0.1) is 5.41 Å². The molecule has 10 nitrogen and oxygen atoms in total. The van der Waals surface area contributed by atoms with Crippen LogP contribution in [0.4, 0.5) is 13.2 Å². The minimum Gasteiger partial charge on any atom is -0.374 e. The van der Waals surface area contributed by atoms with Crippen LogP contribution >= 0.6 is 11.6 Å². The maximum absolute atomic E-state index is 13.9. The number of benzene rings is 1. The number of hydrogen-bond acceptors (Lipinski definition) is 7. The average Bonchev–Trinajstić information content (AvgIpc) is 3.16. The fraction of sp³-hybridized carbons (Fsp3) is 0.464. The number of hydrazone groups is 1. The van der Waals surface area contributed by atoms with Crippen molar-refractivity contribution >= 4 is 35.0 Å². The molecule has 3 heterocycles. The highest BCUT2D eigenvalue weighted by molar-refractivity contribution is 6.30. The molecule has 1 fully saturated rings. The summed E-state index contributed by atoms with van der Waals surface area (Å²) in [6, 6.07) is 10.8. The lowest BCUT2D eigenvalue weighted by atomic mass is 9.74. The molecule has 0 saturated carbocycles. The zero-order chi connectivity index (χ0) is 30.7. The molecule has 226 valence electrons. The molecule has 1 aromatic carbocycles. The van der Waals surface area contributed by atoms with Gasteiger partial charge in [0.05, 0.1) is 24.5 Å². The van der Waals surface area contributed by atoms with E-state index in [-0.39, 0.29) is 44.9 Å². The van der Waals surface area contributed by atoms with Gasteiger partial charge in [0.25, 0.3) is 5.91 Å². The van der Waals surface area contributed by atoms with Gasteiger partial charge in [-0.15, -0.1) is 0 Å². The normalized spacial score (nSPS) is 19.8. The first-order chi connectivity index (χ1) is 19.7. The van der Waals surface area contributed by atoms with Crippen molar-refractivity contribution < 1.29 is 32.3 Å². The van der Waals surface area contributed by atoms with E-state index >= 15 is 0 Å². The van der Waals surface area contributed by atoms with E-state index in [1.807, 2.05) is 0 Å². The lowest BCUT2D eigenvalue weighted by molar-refractivity contribution is -0.164. The number of rotatable bonds is 10. The van der Waals surface area contributed by atoms with Crippen LogP contribution in [-0.4, -0.2) is 82.3 Å². The molecule has 3 N–H and O–H groups in total. The molecule has 14 heteroatoms. The van der Waals surface area contributed by atoms with Gasteiger partial charge in [-0.2, -0.15) is 18.3 Å². The number of fused-ring (bicyclic) bond motifs is 1. The lowest BCUT2D eigenvalue weighted by Gasteiger charge is -2.40. The number of nitrogens with zero attached hydrogens (tertiary/aromatic N) is 4. The SMILES string of the molecule is CC(C)(N)C(=O)NC(COCc1cccc(Cl)c1)C(=O)N1CCC2=NN(CC(F)(F)F)C(=O)C2(Cc2ccccn2)C1. The highest BCUT2D eigenvalue weighted by Gasteiger charge is 2.56. The number of pyridine rings is 1. The van der Waals surface area contributed by atoms with Crippen molar-refractivity contribution in [1.29, 1.82) is 0 Å². The maximum atomic E-state index is 13.9. The van der Waals surface area contributed by atoms with Crippen molar-refractivity contribution in [2.75, 3.05) is 26.2 Å². The van der Waals surface area contributed by atoms with E-state index in [0.717, 1.165) is 5.56 Å². The summed E-state index contributed by atoms with van der Waals surface area (Å²) in [6.07, 6.45) is -3.15. The number of nitrogens with one attached hydrogen (secondary N) is 1. The molecule has 1 saturated heterocycles. The van der Waals surface area contributed by atoms with Gasteiger partial charge in [-0.1, -0.05) is 29.8 Å². The predicted octanol–water partition coefficient (Wildman–Crippen LogP) is 2.70. The number of hydrogen-bond donors (Lipinski definition) is 2. The molecule has 0 aliphatic carbocycles. The molecule has 0 radical (unpaired) electrons. The van der Waals surface area contributed by atoms with Crippen LogP contribution in [0.3, 0.4) is 0 Å². The maximum Gasteiger partial charge on any atom is 0.408 e.